The Morgan fingerprint density at radius 3 is 2.52 bits per heavy atom. The normalized spacial score (nSPS) is 12.5. The molecular formula is C16H26BrNO3. The van der Waals surface area contributed by atoms with E-state index in [0.29, 0.717) is 24.7 Å². The van der Waals surface area contributed by atoms with E-state index in [4.69, 9.17) is 19.9 Å². The van der Waals surface area contributed by atoms with Crippen LogP contribution in [0.1, 0.15) is 32.8 Å². The molecule has 1 atom stereocenters. The largest absolute Gasteiger partial charge is 0.493 e. The highest BCUT2D eigenvalue weighted by Crippen LogP contribution is 2.37. The number of halogens is 1. The van der Waals surface area contributed by atoms with Crippen molar-refractivity contribution in [1.82, 2.24) is 0 Å². The van der Waals surface area contributed by atoms with Gasteiger partial charge in [-0.05, 0) is 60.3 Å². The zero-order chi connectivity index (χ0) is 15.8. The predicted octanol–water partition coefficient (Wildman–Crippen LogP) is 3.54. The first-order chi connectivity index (χ1) is 9.97. The van der Waals surface area contributed by atoms with Gasteiger partial charge in [0.05, 0.1) is 24.3 Å². The van der Waals surface area contributed by atoms with Crippen LogP contribution in [-0.4, -0.2) is 32.5 Å². The van der Waals surface area contributed by atoms with Crippen LogP contribution in [0.15, 0.2) is 16.6 Å². The third-order valence-electron chi connectivity index (χ3n) is 3.09. The molecule has 0 bridgehead atoms. The van der Waals surface area contributed by atoms with Gasteiger partial charge in [-0.2, -0.15) is 0 Å². The lowest BCUT2D eigenvalue weighted by molar-refractivity contribution is 0.0545. The Hall–Kier alpha value is -0.780. The van der Waals surface area contributed by atoms with Crippen LogP contribution < -0.4 is 15.2 Å². The Morgan fingerprint density at radius 2 is 1.95 bits per heavy atom. The Balaban J connectivity index is 2.75. The molecule has 0 spiro atoms. The second kappa shape index (κ2) is 9.28. The molecule has 0 fully saturated rings. The van der Waals surface area contributed by atoms with Gasteiger partial charge < -0.3 is 19.9 Å². The molecule has 2 N–H and O–H groups in total. The van der Waals surface area contributed by atoms with Crippen molar-refractivity contribution in [3.63, 3.8) is 0 Å². The molecule has 0 aliphatic carbocycles. The number of rotatable bonds is 9. The third-order valence-corrected chi connectivity index (χ3v) is 3.68. The summed E-state index contributed by atoms with van der Waals surface area (Å²) in [6.45, 7) is 7.13. The van der Waals surface area contributed by atoms with Gasteiger partial charge in [0.15, 0.2) is 11.5 Å². The molecule has 0 aliphatic heterocycles. The molecule has 1 unspecified atom stereocenters. The fourth-order valence-corrected chi connectivity index (χ4v) is 2.51. The van der Waals surface area contributed by atoms with Crippen LogP contribution in [0.25, 0.3) is 0 Å². The fraction of sp³-hybridized carbons (Fsp3) is 0.625. The fourth-order valence-electron chi connectivity index (χ4n) is 1.91. The number of ether oxygens (including phenoxy) is 3. The molecule has 0 saturated carbocycles. The topological polar surface area (TPSA) is 53.7 Å². The summed E-state index contributed by atoms with van der Waals surface area (Å²) in [5.74, 6) is 1.42. The summed E-state index contributed by atoms with van der Waals surface area (Å²) in [6, 6.07) is 4.18. The molecular weight excluding hydrogens is 334 g/mol. The number of benzene rings is 1. The maximum Gasteiger partial charge on any atom is 0.175 e. The van der Waals surface area contributed by atoms with Crippen LogP contribution in [0.2, 0.25) is 0 Å². The zero-order valence-corrected chi connectivity index (χ0v) is 14.9. The minimum absolute atomic E-state index is 0.160. The summed E-state index contributed by atoms with van der Waals surface area (Å²) in [5.41, 5.74) is 7.15. The van der Waals surface area contributed by atoms with E-state index in [-0.39, 0.29) is 12.1 Å². The second-order valence-electron chi connectivity index (χ2n) is 5.25. The Labute approximate surface area is 136 Å². The van der Waals surface area contributed by atoms with Crippen molar-refractivity contribution in [3.05, 3.63) is 22.2 Å². The summed E-state index contributed by atoms with van der Waals surface area (Å²) < 4.78 is 17.5. The molecule has 1 aromatic carbocycles. The van der Waals surface area contributed by atoms with Crippen molar-refractivity contribution < 1.29 is 14.2 Å². The Bertz CT molecular complexity index is 438. The van der Waals surface area contributed by atoms with Gasteiger partial charge in [0.2, 0.25) is 0 Å². The number of hydrogen-bond donors (Lipinski definition) is 1. The van der Waals surface area contributed by atoms with E-state index in [1.165, 1.54) is 0 Å². The summed E-state index contributed by atoms with van der Waals surface area (Å²) in [7, 11) is 1.64. The minimum Gasteiger partial charge on any atom is -0.493 e. The van der Waals surface area contributed by atoms with Crippen LogP contribution in [0.5, 0.6) is 11.5 Å². The first kappa shape index (κ1) is 18.3. The standard InChI is InChI=1S/C16H26BrNO3/c1-5-13(18)8-12-9-14(17)16(15(10-12)19-4)21-7-6-20-11(2)3/h9-11,13H,5-8,18H2,1-4H3. The smallest absolute Gasteiger partial charge is 0.175 e. The lowest BCUT2D eigenvalue weighted by Crippen LogP contribution is -2.21. The van der Waals surface area contributed by atoms with Crippen LogP contribution in [0.3, 0.4) is 0 Å². The first-order valence-corrected chi connectivity index (χ1v) is 8.13. The van der Waals surface area contributed by atoms with Crippen molar-refractivity contribution in [2.24, 2.45) is 5.73 Å². The predicted molar refractivity (Wildman–Crippen MR) is 89.2 cm³/mol. The third kappa shape index (κ3) is 6.24. The Morgan fingerprint density at radius 1 is 1.24 bits per heavy atom. The van der Waals surface area contributed by atoms with Crippen molar-refractivity contribution >= 4 is 15.9 Å². The van der Waals surface area contributed by atoms with Crippen molar-refractivity contribution in [2.45, 2.75) is 45.8 Å². The lowest BCUT2D eigenvalue weighted by Gasteiger charge is -2.16. The summed E-state index contributed by atoms with van der Waals surface area (Å²) in [4.78, 5) is 0. The summed E-state index contributed by atoms with van der Waals surface area (Å²) in [6.07, 6.45) is 1.98. The zero-order valence-electron chi connectivity index (χ0n) is 13.3. The van der Waals surface area contributed by atoms with Crippen LogP contribution in [0, 0.1) is 0 Å². The van der Waals surface area contributed by atoms with E-state index >= 15 is 0 Å². The maximum absolute atomic E-state index is 6.01. The van der Waals surface area contributed by atoms with Gasteiger partial charge in [-0.15, -0.1) is 0 Å². The molecule has 0 saturated heterocycles. The molecule has 0 heterocycles. The number of nitrogens with two attached hydrogens (primary N) is 1. The van der Waals surface area contributed by atoms with E-state index in [0.717, 1.165) is 22.9 Å². The molecule has 4 nitrogen and oxygen atoms in total. The average molecular weight is 360 g/mol. The van der Waals surface area contributed by atoms with Gasteiger partial charge in [0.25, 0.3) is 0 Å². The molecule has 1 aromatic rings. The van der Waals surface area contributed by atoms with Crippen LogP contribution >= 0.6 is 15.9 Å². The van der Waals surface area contributed by atoms with Gasteiger partial charge in [-0.1, -0.05) is 6.92 Å². The van der Waals surface area contributed by atoms with Crippen molar-refractivity contribution in [1.29, 1.82) is 0 Å². The van der Waals surface area contributed by atoms with E-state index in [2.05, 4.69) is 22.9 Å². The molecule has 21 heavy (non-hydrogen) atoms. The van der Waals surface area contributed by atoms with Gasteiger partial charge in [-0.3, -0.25) is 0 Å². The molecule has 5 heteroatoms. The first-order valence-electron chi connectivity index (χ1n) is 7.34. The van der Waals surface area contributed by atoms with E-state index in [1.807, 2.05) is 26.0 Å². The minimum atomic E-state index is 0.160. The molecule has 0 radical (unpaired) electrons. The monoisotopic (exact) mass is 359 g/mol. The molecule has 0 aromatic heterocycles. The van der Waals surface area contributed by atoms with Gasteiger partial charge in [0.1, 0.15) is 6.61 Å². The highest BCUT2D eigenvalue weighted by atomic mass is 79.9. The summed E-state index contributed by atoms with van der Waals surface area (Å²) in [5, 5.41) is 0. The van der Waals surface area contributed by atoms with E-state index in [1.54, 1.807) is 7.11 Å². The van der Waals surface area contributed by atoms with E-state index in [9.17, 15) is 0 Å². The molecule has 0 amide bonds. The number of hydrogen-bond acceptors (Lipinski definition) is 4. The highest BCUT2D eigenvalue weighted by Gasteiger charge is 2.13. The van der Waals surface area contributed by atoms with Crippen molar-refractivity contribution in [2.75, 3.05) is 20.3 Å². The van der Waals surface area contributed by atoms with Gasteiger partial charge in [-0.25, -0.2) is 0 Å². The molecule has 0 aliphatic rings. The quantitative estimate of drug-likeness (QED) is 0.685. The Kier molecular flexibility index (Phi) is 8.07. The van der Waals surface area contributed by atoms with Crippen LogP contribution in [0.4, 0.5) is 0 Å². The molecule has 1 rings (SSSR count). The van der Waals surface area contributed by atoms with Gasteiger partial charge >= 0.3 is 0 Å². The van der Waals surface area contributed by atoms with Crippen molar-refractivity contribution in [3.8, 4) is 11.5 Å². The van der Waals surface area contributed by atoms with Gasteiger partial charge in [0, 0.05) is 6.04 Å². The SMILES string of the molecule is CCC(N)Cc1cc(Br)c(OCCOC(C)C)c(OC)c1. The highest BCUT2D eigenvalue weighted by molar-refractivity contribution is 9.10. The lowest BCUT2D eigenvalue weighted by atomic mass is 10.0. The maximum atomic E-state index is 6.01. The number of methoxy groups -OCH3 is 1. The van der Waals surface area contributed by atoms with E-state index < -0.39 is 0 Å². The van der Waals surface area contributed by atoms with Crippen LogP contribution in [-0.2, 0) is 11.2 Å². The average Bonchev–Trinajstić information content (AvgIpc) is 2.44. The summed E-state index contributed by atoms with van der Waals surface area (Å²) >= 11 is 3.55. The second-order valence-corrected chi connectivity index (χ2v) is 6.10. The molecule has 120 valence electrons.